The van der Waals surface area contributed by atoms with Crippen molar-refractivity contribution < 1.29 is 37.6 Å². The fourth-order valence-corrected chi connectivity index (χ4v) is 12.1. The average Bonchev–Trinajstić information content (AvgIpc) is 3.49. The molecule has 2 atom stereocenters. The SMILES string of the molecule is CCCCCCC/C=C\C/C=C\CCCCCCCCCCCCCCCC(=O)OC(COC(=O)CCCCCCCCCCCCCCCCCCCCCCCCCCCCCCCCCCCCCCC)COP(=O)(O)OCCN. The van der Waals surface area contributed by atoms with Gasteiger partial charge in [0.15, 0.2) is 6.10 Å². The summed E-state index contributed by atoms with van der Waals surface area (Å²) in [6.07, 6.45) is 85.9. The van der Waals surface area contributed by atoms with E-state index in [9.17, 15) is 19.0 Å². The lowest BCUT2D eigenvalue weighted by Crippen LogP contribution is -2.29. The Balaban J connectivity index is 3.76. The van der Waals surface area contributed by atoms with Gasteiger partial charge >= 0.3 is 19.8 Å². The average molecular weight is 1190 g/mol. The predicted molar refractivity (Wildman–Crippen MR) is 358 cm³/mol. The third kappa shape index (κ3) is 69.5. The Bertz CT molecular complexity index is 1410. The highest BCUT2D eigenvalue weighted by Crippen LogP contribution is 2.43. The van der Waals surface area contributed by atoms with Gasteiger partial charge in [-0.2, -0.15) is 0 Å². The molecule has 3 N–H and O–H groups in total. The van der Waals surface area contributed by atoms with Crippen LogP contribution in [0.2, 0.25) is 0 Å². The highest BCUT2D eigenvalue weighted by atomic mass is 31.2. The van der Waals surface area contributed by atoms with Crippen LogP contribution in [0.15, 0.2) is 24.3 Å². The van der Waals surface area contributed by atoms with Crippen LogP contribution < -0.4 is 5.73 Å². The minimum atomic E-state index is -4.39. The quantitative estimate of drug-likeness (QED) is 0.0264. The molecule has 492 valence electrons. The lowest BCUT2D eigenvalue weighted by Gasteiger charge is -2.19. The van der Waals surface area contributed by atoms with Gasteiger partial charge in [0.1, 0.15) is 6.61 Å². The third-order valence-electron chi connectivity index (χ3n) is 16.8. The molecule has 2 unspecified atom stereocenters. The summed E-state index contributed by atoms with van der Waals surface area (Å²) in [5.74, 6) is -0.805. The van der Waals surface area contributed by atoms with Gasteiger partial charge in [0.05, 0.1) is 13.2 Å². The van der Waals surface area contributed by atoms with E-state index in [1.807, 2.05) is 0 Å². The van der Waals surface area contributed by atoms with Crippen LogP contribution in [0.3, 0.4) is 0 Å². The summed E-state index contributed by atoms with van der Waals surface area (Å²) in [5.41, 5.74) is 5.40. The van der Waals surface area contributed by atoms with Crippen LogP contribution in [0.4, 0.5) is 0 Å². The Hall–Kier alpha value is -1.51. The van der Waals surface area contributed by atoms with Gasteiger partial charge in [0.2, 0.25) is 0 Å². The topological polar surface area (TPSA) is 134 Å². The molecule has 0 aliphatic rings. The molecule has 0 saturated carbocycles. The minimum Gasteiger partial charge on any atom is -0.462 e. The molecule has 0 heterocycles. The van der Waals surface area contributed by atoms with Gasteiger partial charge in [-0.15, -0.1) is 0 Å². The number of ether oxygens (including phenoxy) is 2. The number of hydrogen-bond donors (Lipinski definition) is 2. The smallest absolute Gasteiger partial charge is 0.462 e. The zero-order valence-corrected chi connectivity index (χ0v) is 56.4. The second-order valence-corrected chi connectivity index (χ2v) is 26.6. The summed E-state index contributed by atoms with van der Waals surface area (Å²) < 4.78 is 33.2. The number of hydrogen-bond acceptors (Lipinski definition) is 8. The number of phosphoric acid groups is 1. The normalized spacial score (nSPS) is 13.0. The van der Waals surface area contributed by atoms with Crippen LogP contribution in [-0.4, -0.2) is 49.3 Å². The molecule has 10 heteroatoms. The monoisotopic (exact) mass is 1190 g/mol. The van der Waals surface area contributed by atoms with Crippen molar-refractivity contribution in [2.24, 2.45) is 5.73 Å². The van der Waals surface area contributed by atoms with Crippen LogP contribution in [0, 0.1) is 0 Å². The molecule has 0 saturated heterocycles. The number of unbranched alkanes of at least 4 members (excludes halogenated alkanes) is 54. The van der Waals surface area contributed by atoms with Crippen LogP contribution in [-0.2, 0) is 32.7 Å². The van der Waals surface area contributed by atoms with Gasteiger partial charge in [0.25, 0.3) is 0 Å². The molecule has 0 aromatic carbocycles. The number of rotatable bonds is 71. The maximum absolute atomic E-state index is 12.8. The van der Waals surface area contributed by atoms with Crippen molar-refractivity contribution in [1.82, 2.24) is 0 Å². The van der Waals surface area contributed by atoms with Crippen molar-refractivity contribution in [3.8, 4) is 0 Å². The van der Waals surface area contributed by atoms with E-state index in [4.69, 9.17) is 24.3 Å². The first-order valence-corrected chi connectivity index (χ1v) is 38.3. The minimum absolute atomic E-state index is 0.0561. The summed E-state index contributed by atoms with van der Waals surface area (Å²) in [6, 6.07) is 0. The molecule has 0 spiro atoms. The molecule has 0 aliphatic heterocycles. The third-order valence-corrected chi connectivity index (χ3v) is 17.8. The second kappa shape index (κ2) is 69.6. The molecule has 0 amide bonds. The Labute approximate surface area is 516 Å². The van der Waals surface area contributed by atoms with E-state index in [0.717, 1.165) is 44.9 Å². The Morgan fingerprint density at radius 3 is 0.916 bits per heavy atom. The lowest BCUT2D eigenvalue weighted by atomic mass is 10.0. The van der Waals surface area contributed by atoms with Crippen molar-refractivity contribution >= 4 is 19.8 Å². The zero-order chi connectivity index (χ0) is 60.1. The van der Waals surface area contributed by atoms with E-state index < -0.39 is 26.5 Å². The molecule has 0 radical (unpaired) electrons. The molecule has 0 rings (SSSR count). The van der Waals surface area contributed by atoms with E-state index in [0.29, 0.717) is 6.42 Å². The van der Waals surface area contributed by atoms with Crippen LogP contribution in [0.5, 0.6) is 0 Å². The van der Waals surface area contributed by atoms with Crippen molar-refractivity contribution in [3.05, 3.63) is 24.3 Å². The molecule has 0 aliphatic carbocycles. The largest absolute Gasteiger partial charge is 0.472 e. The molecule has 0 fully saturated rings. The van der Waals surface area contributed by atoms with Gasteiger partial charge < -0.3 is 20.1 Å². The molecular weight excluding hydrogens is 1050 g/mol. The number of phosphoric ester groups is 1. The predicted octanol–water partition coefficient (Wildman–Crippen LogP) is 24.1. The second-order valence-electron chi connectivity index (χ2n) is 25.2. The Morgan fingerprint density at radius 1 is 0.361 bits per heavy atom. The van der Waals surface area contributed by atoms with Gasteiger partial charge in [-0.05, 0) is 44.9 Å². The summed E-state index contributed by atoms with van der Waals surface area (Å²) in [7, 11) is -4.39. The Kier molecular flexibility index (Phi) is 68.3. The molecular formula is C73H142NO8P. The number of allylic oxidation sites excluding steroid dienone is 4. The first-order valence-electron chi connectivity index (χ1n) is 36.8. The number of carbonyl (C=O) groups excluding carboxylic acids is 2. The van der Waals surface area contributed by atoms with Gasteiger partial charge in [-0.3, -0.25) is 18.6 Å². The highest BCUT2D eigenvalue weighted by molar-refractivity contribution is 7.47. The van der Waals surface area contributed by atoms with Crippen molar-refractivity contribution in [2.75, 3.05) is 26.4 Å². The van der Waals surface area contributed by atoms with Crippen LogP contribution in [0.1, 0.15) is 399 Å². The first kappa shape index (κ1) is 81.5. The molecule has 0 aromatic rings. The van der Waals surface area contributed by atoms with Crippen molar-refractivity contribution in [3.63, 3.8) is 0 Å². The van der Waals surface area contributed by atoms with E-state index in [-0.39, 0.29) is 38.6 Å². The lowest BCUT2D eigenvalue weighted by molar-refractivity contribution is -0.161. The number of carbonyl (C=O) groups is 2. The molecule has 0 bridgehead atoms. The van der Waals surface area contributed by atoms with Crippen molar-refractivity contribution in [1.29, 1.82) is 0 Å². The fourth-order valence-electron chi connectivity index (χ4n) is 11.4. The molecule has 9 nitrogen and oxygen atoms in total. The highest BCUT2D eigenvalue weighted by Gasteiger charge is 2.26. The van der Waals surface area contributed by atoms with Gasteiger partial charge in [-0.1, -0.05) is 366 Å². The van der Waals surface area contributed by atoms with Crippen molar-refractivity contribution in [2.45, 2.75) is 405 Å². The fraction of sp³-hybridized carbons (Fsp3) is 0.918. The van der Waals surface area contributed by atoms with E-state index in [1.54, 1.807) is 0 Å². The molecule has 0 aromatic heterocycles. The standard InChI is InChI=1S/C73H142NO8P/c1-3-5-7-9-11-13-15-17-19-21-23-25-27-29-30-31-32-33-34-35-36-37-38-39-40-42-43-45-47-49-51-53-55-57-59-61-63-65-72(75)79-69-71(70-81-83(77,78)80-68-67-74)82-73(76)66-64-62-60-58-56-54-52-50-48-46-44-41-28-26-24-22-20-18-16-14-12-10-8-6-4-2/h16,18,22,24,71H,3-15,17,19-21,23,25-70,74H2,1-2H3,(H,77,78)/b18-16-,24-22-. The Morgan fingerprint density at radius 2 is 0.627 bits per heavy atom. The van der Waals surface area contributed by atoms with Crippen LogP contribution >= 0.6 is 7.82 Å². The summed E-state index contributed by atoms with van der Waals surface area (Å²) in [6.45, 7) is 3.81. The van der Waals surface area contributed by atoms with Gasteiger partial charge in [0, 0.05) is 19.4 Å². The maximum atomic E-state index is 12.8. The first-order chi connectivity index (χ1) is 40.8. The van der Waals surface area contributed by atoms with E-state index >= 15 is 0 Å². The van der Waals surface area contributed by atoms with E-state index in [2.05, 4.69) is 38.2 Å². The summed E-state index contributed by atoms with van der Waals surface area (Å²) in [5, 5.41) is 0. The summed E-state index contributed by atoms with van der Waals surface area (Å²) >= 11 is 0. The van der Waals surface area contributed by atoms with E-state index in [1.165, 1.54) is 321 Å². The van der Waals surface area contributed by atoms with Crippen LogP contribution in [0.25, 0.3) is 0 Å². The number of nitrogens with two attached hydrogens (primary N) is 1. The summed E-state index contributed by atoms with van der Waals surface area (Å²) in [4.78, 5) is 35.4. The maximum Gasteiger partial charge on any atom is 0.472 e. The molecule has 83 heavy (non-hydrogen) atoms. The van der Waals surface area contributed by atoms with Gasteiger partial charge in [-0.25, -0.2) is 4.57 Å². The zero-order valence-electron chi connectivity index (χ0n) is 55.5. The number of esters is 2.